The molecule has 1 aliphatic rings. The first-order valence-corrected chi connectivity index (χ1v) is 9.70. The first-order chi connectivity index (χ1) is 12.5. The van der Waals surface area contributed by atoms with Gasteiger partial charge in [-0.1, -0.05) is 0 Å². The van der Waals surface area contributed by atoms with E-state index in [0.29, 0.717) is 11.9 Å². The van der Waals surface area contributed by atoms with Gasteiger partial charge in [0.05, 0.1) is 16.8 Å². The molecular formula is C16H19F2N5O2S. The Kier molecular flexibility index (Phi) is 5.62. The Hall–Kier alpha value is -2.33. The van der Waals surface area contributed by atoms with E-state index in [1.54, 1.807) is 6.20 Å². The Morgan fingerprint density at radius 1 is 1.08 bits per heavy atom. The summed E-state index contributed by atoms with van der Waals surface area (Å²) in [6.45, 7) is 2.29. The smallest absolute Gasteiger partial charge is 0.240 e. The van der Waals surface area contributed by atoms with Gasteiger partial charge in [-0.15, -0.1) is 5.10 Å². The van der Waals surface area contributed by atoms with E-state index in [0.717, 1.165) is 43.8 Å². The maximum Gasteiger partial charge on any atom is 0.240 e. The number of rotatable bonds is 7. The molecule has 1 fully saturated rings. The van der Waals surface area contributed by atoms with Crippen molar-refractivity contribution in [1.29, 1.82) is 0 Å². The second kappa shape index (κ2) is 7.92. The van der Waals surface area contributed by atoms with Gasteiger partial charge >= 0.3 is 0 Å². The lowest BCUT2D eigenvalue weighted by molar-refractivity contribution is 0.504. The number of anilines is 2. The lowest BCUT2D eigenvalue weighted by Crippen LogP contribution is -2.29. The highest BCUT2D eigenvalue weighted by Crippen LogP contribution is 2.20. The number of sulfonamides is 1. The Labute approximate surface area is 150 Å². The molecule has 0 aliphatic carbocycles. The zero-order valence-electron chi connectivity index (χ0n) is 14.0. The molecular weight excluding hydrogens is 364 g/mol. The van der Waals surface area contributed by atoms with Gasteiger partial charge in [0.25, 0.3) is 0 Å². The van der Waals surface area contributed by atoms with Crippen LogP contribution in [0.1, 0.15) is 12.8 Å². The van der Waals surface area contributed by atoms with Gasteiger partial charge in [-0.25, -0.2) is 21.9 Å². The van der Waals surface area contributed by atoms with E-state index in [1.165, 1.54) is 0 Å². The van der Waals surface area contributed by atoms with E-state index in [1.807, 2.05) is 6.07 Å². The summed E-state index contributed by atoms with van der Waals surface area (Å²) < 4.78 is 52.6. The highest BCUT2D eigenvalue weighted by molar-refractivity contribution is 7.89. The van der Waals surface area contributed by atoms with Crippen LogP contribution < -0.4 is 14.9 Å². The summed E-state index contributed by atoms with van der Waals surface area (Å²) >= 11 is 0. The summed E-state index contributed by atoms with van der Waals surface area (Å²) in [7, 11) is -3.92. The van der Waals surface area contributed by atoms with E-state index in [4.69, 9.17) is 0 Å². The molecule has 2 aromatic rings. The van der Waals surface area contributed by atoms with Crippen molar-refractivity contribution >= 4 is 21.5 Å². The quantitative estimate of drug-likeness (QED) is 0.709. The van der Waals surface area contributed by atoms with Gasteiger partial charge in [-0.05, 0) is 31.0 Å². The lowest BCUT2D eigenvalue weighted by Gasteiger charge is -2.17. The fourth-order valence-electron chi connectivity index (χ4n) is 2.69. The molecule has 1 saturated heterocycles. The van der Waals surface area contributed by atoms with Crippen LogP contribution in [0.2, 0.25) is 0 Å². The van der Waals surface area contributed by atoms with Crippen LogP contribution in [0.4, 0.5) is 20.3 Å². The van der Waals surface area contributed by atoms with Crippen LogP contribution in [0.3, 0.4) is 0 Å². The molecule has 7 nitrogen and oxygen atoms in total. The van der Waals surface area contributed by atoms with Gasteiger partial charge in [0.2, 0.25) is 10.0 Å². The van der Waals surface area contributed by atoms with Crippen LogP contribution in [0.5, 0.6) is 0 Å². The molecule has 2 N–H and O–H groups in total. The van der Waals surface area contributed by atoms with Gasteiger partial charge in [-0.2, -0.15) is 5.10 Å². The minimum atomic E-state index is -3.92. The van der Waals surface area contributed by atoms with Crippen molar-refractivity contribution < 1.29 is 17.2 Å². The fourth-order valence-corrected chi connectivity index (χ4v) is 3.74. The van der Waals surface area contributed by atoms with Crippen molar-refractivity contribution in [2.45, 2.75) is 17.7 Å². The molecule has 0 amide bonds. The number of benzene rings is 1. The molecule has 0 unspecified atom stereocenters. The van der Waals surface area contributed by atoms with Crippen LogP contribution in [0.15, 0.2) is 35.4 Å². The number of hydrogen-bond donors (Lipinski definition) is 2. The van der Waals surface area contributed by atoms with E-state index >= 15 is 0 Å². The minimum absolute atomic E-state index is 0.0525. The van der Waals surface area contributed by atoms with E-state index in [9.17, 15) is 17.2 Å². The van der Waals surface area contributed by atoms with Crippen molar-refractivity contribution in [1.82, 2.24) is 14.9 Å². The van der Waals surface area contributed by atoms with Gasteiger partial charge in [-0.3, -0.25) is 0 Å². The largest absolute Gasteiger partial charge is 0.370 e. The van der Waals surface area contributed by atoms with Crippen LogP contribution >= 0.6 is 0 Å². The third kappa shape index (κ3) is 4.44. The van der Waals surface area contributed by atoms with Crippen LogP contribution in [0.25, 0.3) is 0 Å². The van der Waals surface area contributed by atoms with Gasteiger partial charge in [0, 0.05) is 32.2 Å². The summed E-state index contributed by atoms with van der Waals surface area (Å²) in [6.07, 6.45) is 4.00. The third-order valence-electron chi connectivity index (χ3n) is 4.04. The molecule has 0 saturated carbocycles. The van der Waals surface area contributed by atoms with Crippen molar-refractivity contribution in [2.75, 3.05) is 36.4 Å². The Bertz CT molecular complexity index is 873. The Morgan fingerprint density at radius 2 is 1.85 bits per heavy atom. The molecule has 10 heteroatoms. The molecule has 0 bridgehead atoms. The Morgan fingerprint density at radius 3 is 2.58 bits per heavy atom. The van der Waals surface area contributed by atoms with Gasteiger partial charge < -0.3 is 10.2 Å². The van der Waals surface area contributed by atoms with E-state index < -0.39 is 21.7 Å². The van der Waals surface area contributed by atoms with Crippen molar-refractivity contribution in [3.05, 3.63) is 42.1 Å². The van der Waals surface area contributed by atoms with Crippen LogP contribution in [-0.4, -0.2) is 44.8 Å². The monoisotopic (exact) mass is 383 g/mol. The van der Waals surface area contributed by atoms with Gasteiger partial charge in [0.15, 0.2) is 17.5 Å². The molecule has 0 spiro atoms. The molecule has 1 aromatic carbocycles. The fraction of sp³-hybridized carbons (Fsp3) is 0.375. The normalized spacial score (nSPS) is 14.6. The zero-order chi connectivity index (χ0) is 18.6. The molecule has 2 heterocycles. The summed E-state index contributed by atoms with van der Waals surface area (Å²) in [4.78, 5) is 1.89. The first-order valence-electron chi connectivity index (χ1n) is 8.22. The summed E-state index contributed by atoms with van der Waals surface area (Å²) in [5.74, 6) is -1.76. The van der Waals surface area contributed by atoms with Crippen LogP contribution in [-0.2, 0) is 10.0 Å². The number of hydrogen-bond acceptors (Lipinski definition) is 6. The maximum atomic E-state index is 13.2. The second-order valence-electron chi connectivity index (χ2n) is 5.89. The topological polar surface area (TPSA) is 87.2 Å². The lowest BCUT2D eigenvalue weighted by atomic mass is 10.3. The molecule has 1 aliphatic heterocycles. The van der Waals surface area contributed by atoms with Crippen molar-refractivity contribution in [3.8, 4) is 0 Å². The van der Waals surface area contributed by atoms with Crippen LogP contribution in [0, 0.1) is 11.6 Å². The summed E-state index contributed by atoms with van der Waals surface area (Å²) in [5, 5.41) is 10.9. The molecule has 0 radical (unpaired) electrons. The molecule has 26 heavy (non-hydrogen) atoms. The molecule has 1 aromatic heterocycles. The standard InChI is InChI=1S/C16H19F2N5O2S/c17-14-4-3-13(10-15(14)18)26(24,25)21-6-5-19-16-9-12(11-20-22-16)23-7-1-2-8-23/h3-4,9-11,21H,1-2,5-8H2,(H,19,22). The number of halogens is 2. The number of nitrogens with zero attached hydrogens (tertiary/aromatic N) is 3. The zero-order valence-corrected chi connectivity index (χ0v) is 14.8. The minimum Gasteiger partial charge on any atom is -0.370 e. The molecule has 3 rings (SSSR count). The maximum absolute atomic E-state index is 13.2. The first kappa shape index (κ1) is 18.5. The predicted molar refractivity (Wildman–Crippen MR) is 93.5 cm³/mol. The third-order valence-corrected chi connectivity index (χ3v) is 5.49. The average Bonchev–Trinajstić information content (AvgIpc) is 3.16. The van der Waals surface area contributed by atoms with Crippen molar-refractivity contribution in [3.63, 3.8) is 0 Å². The van der Waals surface area contributed by atoms with E-state index in [-0.39, 0.29) is 18.0 Å². The number of nitrogens with one attached hydrogen (secondary N) is 2. The van der Waals surface area contributed by atoms with E-state index in [2.05, 4.69) is 25.1 Å². The molecule has 140 valence electrons. The summed E-state index contributed by atoms with van der Waals surface area (Å²) in [5.41, 5.74) is 0.974. The summed E-state index contributed by atoms with van der Waals surface area (Å²) in [6, 6.07) is 4.30. The van der Waals surface area contributed by atoms with Gasteiger partial charge in [0.1, 0.15) is 0 Å². The second-order valence-corrected chi connectivity index (χ2v) is 7.66. The average molecular weight is 383 g/mol. The SMILES string of the molecule is O=S(=O)(NCCNc1cc(N2CCCC2)cnn1)c1ccc(F)c(F)c1. The predicted octanol–water partition coefficient (Wildman–Crippen LogP) is 1.75. The highest BCUT2D eigenvalue weighted by Gasteiger charge is 2.16. The highest BCUT2D eigenvalue weighted by atomic mass is 32.2. The van der Waals surface area contributed by atoms with Crippen molar-refractivity contribution in [2.24, 2.45) is 0 Å². The number of aromatic nitrogens is 2. The Balaban J connectivity index is 1.53. The molecule has 0 atom stereocenters.